The van der Waals surface area contributed by atoms with Crippen molar-refractivity contribution in [2.75, 3.05) is 0 Å². The molecule has 2 heterocycles. The van der Waals surface area contributed by atoms with Crippen LogP contribution in [0.2, 0.25) is 0 Å². The second kappa shape index (κ2) is 6.87. The van der Waals surface area contributed by atoms with E-state index < -0.39 is 0 Å². The molecule has 0 saturated heterocycles. The summed E-state index contributed by atoms with van der Waals surface area (Å²) in [5, 5.41) is 4.05. The predicted octanol–water partition coefficient (Wildman–Crippen LogP) is 4.06. The minimum atomic E-state index is -0.0123. The molecule has 0 bridgehead atoms. The van der Waals surface area contributed by atoms with E-state index in [1.807, 2.05) is 31.3 Å². The molecule has 2 aromatic heterocycles. The molecule has 0 spiro atoms. The van der Waals surface area contributed by atoms with Crippen molar-refractivity contribution in [2.45, 2.75) is 46.1 Å². The summed E-state index contributed by atoms with van der Waals surface area (Å²) in [7, 11) is 0. The first kappa shape index (κ1) is 16.7. The van der Waals surface area contributed by atoms with Crippen LogP contribution in [0, 0.1) is 13.8 Å². The van der Waals surface area contributed by atoms with Gasteiger partial charge in [-0.15, -0.1) is 0 Å². The Morgan fingerprint density at radius 3 is 2.77 bits per heavy atom. The molecule has 1 aromatic carbocycles. The SMILES string of the molecule is Cc1ccc2nc3c(c(C(=O)NCc4ccc(C)nc4)c2c1)CCCC3. The number of aromatic nitrogens is 2. The summed E-state index contributed by atoms with van der Waals surface area (Å²) in [4.78, 5) is 22.3. The van der Waals surface area contributed by atoms with Gasteiger partial charge in [0.2, 0.25) is 0 Å². The third kappa shape index (κ3) is 3.19. The number of fused-ring (bicyclic) bond motifs is 2. The minimum Gasteiger partial charge on any atom is -0.348 e. The Morgan fingerprint density at radius 1 is 1.12 bits per heavy atom. The average Bonchev–Trinajstić information content (AvgIpc) is 2.65. The average molecular weight is 345 g/mol. The van der Waals surface area contributed by atoms with E-state index in [0.717, 1.165) is 70.2 Å². The molecule has 132 valence electrons. The summed E-state index contributed by atoms with van der Waals surface area (Å²) in [6.07, 6.45) is 5.98. The predicted molar refractivity (Wildman–Crippen MR) is 103 cm³/mol. The summed E-state index contributed by atoms with van der Waals surface area (Å²) >= 11 is 0. The van der Waals surface area contributed by atoms with Gasteiger partial charge in [0.25, 0.3) is 5.91 Å². The van der Waals surface area contributed by atoms with Crippen molar-refractivity contribution < 1.29 is 4.79 Å². The van der Waals surface area contributed by atoms with Gasteiger partial charge < -0.3 is 5.32 Å². The summed E-state index contributed by atoms with van der Waals surface area (Å²) in [5.41, 5.74) is 7.08. The highest BCUT2D eigenvalue weighted by atomic mass is 16.1. The van der Waals surface area contributed by atoms with E-state index in [2.05, 4.69) is 29.4 Å². The maximum Gasteiger partial charge on any atom is 0.252 e. The van der Waals surface area contributed by atoms with Crippen LogP contribution in [-0.2, 0) is 19.4 Å². The van der Waals surface area contributed by atoms with Crippen LogP contribution in [0.3, 0.4) is 0 Å². The maximum absolute atomic E-state index is 13.1. The largest absolute Gasteiger partial charge is 0.348 e. The molecule has 0 saturated carbocycles. The number of carbonyl (C=O) groups is 1. The normalized spacial score (nSPS) is 13.5. The molecule has 1 aliphatic carbocycles. The fourth-order valence-electron chi connectivity index (χ4n) is 3.67. The Bertz CT molecular complexity index is 977. The molecule has 1 N–H and O–H groups in total. The first-order chi connectivity index (χ1) is 12.6. The van der Waals surface area contributed by atoms with Crippen LogP contribution in [0.5, 0.6) is 0 Å². The van der Waals surface area contributed by atoms with Crippen molar-refractivity contribution in [3.8, 4) is 0 Å². The first-order valence-corrected chi connectivity index (χ1v) is 9.23. The molecular weight excluding hydrogens is 322 g/mol. The van der Waals surface area contributed by atoms with Crippen LogP contribution < -0.4 is 5.32 Å². The highest BCUT2D eigenvalue weighted by Crippen LogP contribution is 2.29. The summed E-state index contributed by atoms with van der Waals surface area (Å²) in [6, 6.07) is 10.1. The second-order valence-electron chi connectivity index (χ2n) is 7.13. The van der Waals surface area contributed by atoms with E-state index >= 15 is 0 Å². The Labute approximate surface area is 153 Å². The Balaban J connectivity index is 1.72. The van der Waals surface area contributed by atoms with Crippen LogP contribution in [0.1, 0.15) is 51.3 Å². The second-order valence-corrected chi connectivity index (χ2v) is 7.13. The Hall–Kier alpha value is -2.75. The molecule has 0 fully saturated rings. The molecule has 0 radical (unpaired) electrons. The lowest BCUT2D eigenvalue weighted by Crippen LogP contribution is -2.26. The molecular formula is C22H23N3O. The number of benzene rings is 1. The topological polar surface area (TPSA) is 54.9 Å². The fourth-order valence-corrected chi connectivity index (χ4v) is 3.67. The number of pyridine rings is 2. The van der Waals surface area contributed by atoms with E-state index in [1.54, 1.807) is 0 Å². The third-order valence-electron chi connectivity index (χ3n) is 5.07. The van der Waals surface area contributed by atoms with Crippen molar-refractivity contribution in [3.63, 3.8) is 0 Å². The molecule has 3 aromatic rings. The summed E-state index contributed by atoms with van der Waals surface area (Å²) in [6.45, 7) is 4.50. The van der Waals surface area contributed by atoms with Crippen molar-refractivity contribution in [1.29, 1.82) is 0 Å². The number of carbonyl (C=O) groups excluding carboxylic acids is 1. The molecule has 0 atom stereocenters. The van der Waals surface area contributed by atoms with Crippen LogP contribution in [0.4, 0.5) is 0 Å². The van der Waals surface area contributed by atoms with E-state index in [0.29, 0.717) is 6.54 Å². The fraction of sp³-hybridized carbons (Fsp3) is 0.318. The number of hydrogen-bond acceptors (Lipinski definition) is 3. The lowest BCUT2D eigenvalue weighted by molar-refractivity contribution is 0.0951. The molecule has 0 unspecified atom stereocenters. The monoisotopic (exact) mass is 345 g/mol. The molecule has 26 heavy (non-hydrogen) atoms. The van der Waals surface area contributed by atoms with Crippen LogP contribution in [0.25, 0.3) is 10.9 Å². The molecule has 0 aliphatic heterocycles. The summed E-state index contributed by atoms with van der Waals surface area (Å²) in [5.74, 6) is -0.0123. The number of hydrogen-bond donors (Lipinski definition) is 1. The number of rotatable bonds is 3. The molecule has 4 heteroatoms. The molecule has 4 nitrogen and oxygen atoms in total. The number of aryl methyl sites for hydroxylation is 3. The van der Waals surface area contributed by atoms with Gasteiger partial charge in [-0.1, -0.05) is 17.7 Å². The highest BCUT2D eigenvalue weighted by molar-refractivity contribution is 6.07. The van der Waals surface area contributed by atoms with Gasteiger partial charge in [-0.3, -0.25) is 14.8 Å². The number of nitrogens with one attached hydrogen (secondary N) is 1. The van der Waals surface area contributed by atoms with Gasteiger partial charge in [-0.2, -0.15) is 0 Å². The molecule has 1 aliphatic rings. The van der Waals surface area contributed by atoms with E-state index in [-0.39, 0.29) is 5.91 Å². The highest BCUT2D eigenvalue weighted by Gasteiger charge is 2.22. The van der Waals surface area contributed by atoms with Gasteiger partial charge in [0.15, 0.2) is 0 Å². The third-order valence-corrected chi connectivity index (χ3v) is 5.07. The zero-order chi connectivity index (χ0) is 18.1. The smallest absolute Gasteiger partial charge is 0.252 e. The van der Waals surface area contributed by atoms with Gasteiger partial charge >= 0.3 is 0 Å². The number of amides is 1. The van der Waals surface area contributed by atoms with Crippen LogP contribution in [0.15, 0.2) is 36.5 Å². The van der Waals surface area contributed by atoms with Gasteiger partial charge in [-0.05, 0) is 68.9 Å². The van der Waals surface area contributed by atoms with E-state index in [9.17, 15) is 4.79 Å². The van der Waals surface area contributed by atoms with Gasteiger partial charge in [-0.25, -0.2) is 0 Å². The van der Waals surface area contributed by atoms with Crippen molar-refractivity contribution in [2.24, 2.45) is 0 Å². The van der Waals surface area contributed by atoms with Gasteiger partial charge in [0.05, 0.1) is 11.1 Å². The quantitative estimate of drug-likeness (QED) is 0.779. The lowest BCUT2D eigenvalue weighted by atomic mass is 9.89. The molecule has 4 rings (SSSR count). The van der Waals surface area contributed by atoms with Gasteiger partial charge in [0, 0.05) is 29.5 Å². The maximum atomic E-state index is 13.1. The lowest BCUT2D eigenvalue weighted by Gasteiger charge is -2.20. The zero-order valence-corrected chi connectivity index (χ0v) is 15.3. The van der Waals surface area contributed by atoms with Gasteiger partial charge in [0.1, 0.15) is 0 Å². The Morgan fingerprint density at radius 2 is 1.96 bits per heavy atom. The van der Waals surface area contributed by atoms with Crippen molar-refractivity contribution in [1.82, 2.24) is 15.3 Å². The van der Waals surface area contributed by atoms with Crippen LogP contribution in [-0.4, -0.2) is 15.9 Å². The first-order valence-electron chi connectivity index (χ1n) is 9.23. The summed E-state index contributed by atoms with van der Waals surface area (Å²) < 4.78 is 0. The van der Waals surface area contributed by atoms with Crippen molar-refractivity contribution >= 4 is 16.8 Å². The number of nitrogens with zero attached hydrogens (tertiary/aromatic N) is 2. The van der Waals surface area contributed by atoms with Crippen LogP contribution >= 0.6 is 0 Å². The zero-order valence-electron chi connectivity index (χ0n) is 15.3. The van der Waals surface area contributed by atoms with E-state index in [4.69, 9.17) is 4.98 Å². The van der Waals surface area contributed by atoms with Crippen molar-refractivity contribution in [3.05, 3.63) is 70.2 Å². The minimum absolute atomic E-state index is 0.0123. The molecule has 1 amide bonds. The Kier molecular flexibility index (Phi) is 4.41. The standard InChI is InChI=1S/C22H23N3O/c1-14-7-10-20-18(11-14)21(17-5-3-4-6-19(17)25-20)22(26)24-13-16-9-8-15(2)23-12-16/h7-12H,3-6,13H2,1-2H3,(H,24,26). The van der Waals surface area contributed by atoms with E-state index in [1.165, 1.54) is 0 Å².